The number of allylic oxidation sites excluding steroid dienone is 1. The number of hydrogen-bond acceptors (Lipinski definition) is 2. The Morgan fingerprint density at radius 2 is 1.30 bits per heavy atom. The average molecular weight is 359 g/mol. The maximum Gasteiger partial charge on any atom is 0.241 e. The average Bonchev–Trinajstić information content (AvgIpc) is 2.32. The first kappa shape index (κ1) is 22.9. The summed E-state index contributed by atoms with van der Waals surface area (Å²) >= 11 is 0. The second-order valence-electron chi connectivity index (χ2n) is 8.89. The summed E-state index contributed by atoms with van der Waals surface area (Å²) in [5.41, 5.74) is 1.94. The SMILES string of the molecule is C=C(CCC[C@@H](C)O[Si](C(C)C)(C(C)C)C(C)C)O[Si](C)(C)C. The van der Waals surface area contributed by atoms with E-state index in [1.54, 1.807) is 0 Å². The molecule has 138 valence electrons. The zero-order chi connectivity index (χ0) is 18.4. The summed E-state index contributed by atoms with van der Waals surface area (Å²) in [5, 5.41) is 0. The van der Waals surface area contributed by atoms with Crippen molar-refractivity contribution in [1.82, 2.24) is 0 Å². The zero-order valence-electron chi connectivity index (χ0n) is 17.5. The highest BCUT2D eigenvalue weighted by molar-refractivity contribution is 6.77. The summed E-state index contributed by atoms with van der Waals surface area (Å²) in [7, 11) is -3.26. The minimum Gasteiger partial charge on any atom is -0.548 e. The minimum atomic E-state index is -1.75. The van der Waals surface area contributed by atoms with Crippen LogP contribution >= 0.6 is 0 Å². The maximum atomic E-state index is 6.78. The van der Waals surface area contributed by atoms with Crippen molar-refractivity contribution in [3.8, 4) is 0 Å². The highest BCUT2D eigenvalue weighted by atomic mass is 28.4. The Morgan fingerprint density at radius 1 is 0.870 bits per heavy atom. The molecule has 0 aromatic rings. The molecule has 0 saturated heterocycles. The predicted molar refractivity (Wildman–Crippen MR) is 109 cm³/mol. The fraction of sp³-hybridized carbons (Fsp3) is 0.895. The van der Waals surface area contributed by atoms with E-state index in [2.05, 4.69) is 74.7 Å². The predicted octanol–water partition coefficient (Wildman–Crippen LogP) is 7.10. The first-order chi connectivity index (χ1) is 10.3. The maximum absolute atomic E-state index is 6.78. The molecule has 0 aromatic heterocycles. The van der Waals surface area contributed by atoms with Gasteiger partial charge < -0.3 is 8.85 Å². The molecule has 0 unspecified atom stereocenters. The van der Waals surface area contributed by atoms with Gasteiger partial charge in [-0.25, -0.2) is 0 Å². The van der Waals surface area contributed by atoms with Gasteiger partial charge in [-0.15, -0.1) is 0 Å². The van der Waals surface area contributed by atoms with Crippen LogP contribution in [0, 0.1) is 0 Å². The molecule has 0 amide bonds. The zero-order valence-corrected chi connectivity index (χ0v) is 19.5. The fourth-order valence-corrected chi connectivity index (χ4v) is 10.5. The lowest BCUT2D eigenvalue weighted by Gasteiger charge is -2.44. The summed E-state index contributed by atoms with van der Waals surface area (Å²) in [6.07, 6.45) is 3.48. The van der Waals surface area contributed by atoms with Crippen molar-refractivity contribution in [3.63, 3.8) is 0 Å². The van der Waals surface area contributed by atoms with E-state index in [0.29, 0.717) is 22.7 Å². The fourth-order valence-electron chi connectivity index (χ4n) is 3.89. The lowest BCUT2D eigenvalue weighted by molar-refractivity contribution is 0.178. The van der Waals surface area contributed by atoms with Crippen LogP contribution in [0.25, 0.3) is 0 Å². The topological polar surface area (TPSA) is 18.5 Å². The summed E-state index contributed by atoms with van der Waals surface area (Å²) in [4.78, 5) is 0. The summed E-state index contributed by atoms with van der Waals surface area (Å²) in [5.74, 6) is 0.955. The third-order valence-electron chi connectivity index (χ3n) is 4.63. The van der Waals surface area contributed by atoms with E-state index in [9.17, 15) is 0 Å². The molecule has 0 fully saturated rings. The molecule has 23 heavy (non-hydrogen) atoms. The molecule has 0 bridgehead atoms. The molecule has 0 aliphatic rings. The molecule has 0 saturated carbocycles. The van der Waals surface area contributed by atoms with Crippen LogP contribution in [0.3, 0.4) is 0 Å². The molecule has 0 aliphatic heterocycles. The van der Waals surface area contributed by atoms with Crippen molar-refractivity contribution in [2.75, 3.05) is 0 Å². The molecule has 0 aliphatic carbocycles. The Balaban J connectivity index is 4.56. The van der Waals surface area contributed by atoms with Gasteiger partial charge in [0, 0.05) is 12.5 Å². The van der Waals surface area contributed by atoms with Crippen LogP contribution in [0.15, 0.2) is 12.3 Å². The largest absolute Gasteiger partial charge is 0.548 e. The molecule has 0 spiro atoms. The summed E-state index contributed by atoms with van der Waals surface area (Å²) in [6, 6.07) is 0. The Morgan fingerprint density at radius 3 is 1.65 bits per heavy atom. The van der Waals surface area contributed by atoms with E-state index < -0.39 is 16.6 Å². The van der Waals surface area contributed by atoms with Crippen LogP contribution < -0.4 is 0 Å². The lowest BCUT2D eigenvalue weighted by Crippen LogP contribution is -2.49. The Hall–Kier alpha value is -0.0662. The number of hydrogen-bond donors (Lipinski definition) is 0. The number of rotatable bonds is 11. The molecule has 0 N–H and O–H groups in total. The van der Waals surface area contributed by atoms with Crippen LogP contribution in [0.1, 0.15) is 67.7 Å². The van der Waals surface area contributed by atoms with E-state index in [1.807, 2.05) is 0 Å². The Bertz CT molecular complexity index is 335. The van der Waals surface area contributed by atoms with Crippen LogP contribution in [0.4, 0.5) is 0 Å². The monoisotopic (exact) mass is 358 g/mol. The second kappa shape index (κ2) is 9.43. The standard InChI is InChI=1S/C19H42O2Si2/c1-15(2)23(16(3)4,17(5)6)21-19(8)14-12-13-18(7)20-22(9,10)11/h15-17,19H,7,12-14H2,1-6,8-11H3/t19-/m1/s1. The Kier molecular flexibility index (Phi) is 9.40. The van der Waals surface area contributed by atoms with Crippen LogP contribution in [0.5, 0.6) is 0 Å². The van der Waals surface area contributed by atoms with Gasteiger partial charge in [0.25, 0.3) is 0 Å². The van der Waals surface area contributed by atoms with Crippen molar-refractivity contribution in [1.29, 1.82) is 0 Å². The molecule has 1 atom stereocenters. The van der Waals surface area contributed by atoms with Crippen molar-refractivity contribution < 1.29 is 8.85 Å². The van der Waals surface area contributed by atoms with E-state index in [4.69, 9.17) is 8.85 Å². The van der Waals surface area contributed by atoms with Crippen LogP contribution in [0.2, 0.25) is 36.3 Å². The summed E-state index contributed by atoms with van der Waals surface area (Å²) in [6.45, 7) is 27.0. The highest BCUT2D eigenvalue weighted by Crippen LogP contribution is 2.43. The molecule has 2 nitrogen and oxygen atoms in total. The second-order valence-corrected chi connectivity index (χ2v) is 18.7. The van der Waals surface area contributed by atoms with Gasteiger partial charge in [-0.1, -0.05) is 48.1 Å². The first-order valence-corrected chi connectivity index (χ1v) is 14.9. The third-order valence-corrected chi connectivity index (χ3v) is 11.8. The van der Waals surface area contributed by atoms with E-state index in [1.165, 1.54) is 0 Å². The summed E-state index contributed by atoms with van der Waals surface area (Å²) < 4.78 is 12.7. The van der Waals surface area contributed by atoms with Gasteiger partial charge in [-0.2, -0.15) is 0 Å². The van der Waals surface area contributed by atoms with Crippen molar-refractivity contribution in [3.05, 3.63) is 12.3 Å². The van der Waals surface area contributed by atoms with Gasteiger partial charge >= 0.3 is 0 Å². The van der Waals surface area contributed by atoms with Crippen molar-refractivity contribution >= 4 is 16.6 Å². The third kappa shape index (κ3) is 7.57. The quantitative estimate of drug-likeness (QED) is 0.289. The van der Waals surface area contributed by atoms with E-state index in [0.717, 1.165) is 25.0 Å². The lowest BCUT2D eigenvalue weighted by atomic mass is 10.1. The molecule has 0 radical (unpaired) electrons. The minimum absolute atomic E-state index is 0.327. The van der Waals surface area contributed by atoms with Gasteiger partial charge in [0.15, 0.2) is 0 Å². The van der Waals surface area contributed by atoms with Gasteiger partial charge in [-0.3, -0.25) is 0 Å². The molecular formula is C19H42O2Si2. The smallest absolute Gasteiger partial charge is 0.241 e. The van der Waals surface area contributed by atoms with Gasteiger partial charge in [0.05, 0.1) is 5.76 Å². The van der Waals surface area contributed by atoms with Crippen molar-refractivity contribution in [2.24, 2.45) is 0 Å². The van der Waals surface area contributed by atoms with Crippen LogP contribution in [-0.2, 0) is 8.85 Å². The van der Waals surface area contributed by atoms with Gasteiger partial charge in [0.2, 0.25) is 16.6 Å². The molecule has 0 rings (SSSR count). The van der Waals surface area contributed by atoms with Gasteiger partial charge in [-0.05, 0) is 56.0 Å². The highest BCUT2D eigenvalue weighted by Gasteiger charge is 2.45. The van der Waals surface area contributed by atoms with E-state index in [-0.39, 0.29) is 0 Å². The van der Waals surface area contributed by atoms with Crippen molar-refractivity contribution in [2.45, 2.75) is 110 Å². The molecular weight excluding hydrogens is 316 g/mol. The molecule has 4 heteroatoms. The normalized spacial score (nSPS) is 14.7. The van der Waals surface area contributed by atoms with Crippen LogP contribution in [-0.4, -0.2) is 22.7 Å². The Labute approximate surface area is 148 Å². The molecule has 0 heterocycles. The van der Waals surface area contributed by atoms with E-state index >= 15 is 0 Å². The first-order valence-electron chi connectivity index (χ1n) is 9.37. The van der Waals surface area contributed by atoms with Gasteiger partial charge in [0.1, 0.15) is 0 Å². The molecule has 0 aromatic carbocycles.